The van der Waals surface area contributed by atoms with Crippen molar-refractivity contribution in [3.63, 3.8) is 0 Å². The fourth-order valence-corrected chi connectivity index (χ4v) is 3.62. The lowest BCUT2D eigenvalue weighted by Crippen LogP contribution is -1.99. The van der Waals surface area contributed by atoms with Crippen LogP contribution < -0.4 is 0 Å². The minimum Gasteiger partial charge on any atom is -0.481 e. The average molecular weight is 374 g/mol. The third kappa shape index (κ3) is 4.55. The maximum Gasteiger partial charge on any atom is 0.304 e. The number of hydrogen-bond donors (Lipinski definition) is 1. The molecule has 0 atom stereocenters. The number of aryl methyl sites for hydroxylation is 1. The Balaban J connectivity index is 2.13. The van der Waals surface area contributed by atoms with Crippen LogP contribution in [0, 0.1) is 18.3 Å². The Labute approximate surface area is 162 Å². The molecule has 1 heterocycles. The molecule has 4 nitrogen and oxygen atoms in total. The predicted octanol–water partition coefficient (Wildman–Crippen LogP) is 5.16. The molecule has 0 aliphatic rings. The maximum absolute atomic E-state index is 10.9. The van der Waals surface area contributed by atoms with Crippen LogP contribution in [-0.4, -0.2) is 21.8 Å². The molecule has 3 aromatic rings. The topological polar surface area (TPSA) is 74.0 Å². The second-order valence-corrected chi connectivity index (χ2v) is 7.15. The standard InChI is InChI=1S/C22H18N2O2S/c1-15-7-9-16(10-8-15)18-13-20(17-5-3-2-4-6-17)24-22(19(18)14-23)27-12-11-21(25)26/h2-10,13H,11-12H2,1H3,(H,25,26). The van der Waals surface area contributed by atoms with Gasteiger partial charge in [0.1, 0.15) is 11.1 Å². The second-order valence-electron chi connectivity index (χ2n) is 6.07. The lowest BCUT2D eigenvalue weighted by atomic mass is 9.98. The maximum atomic E-state index is 10.9. The normalized spacial score (nSPS) is 10.4. The van der Waals surface area contributed by atoms with Gasteiger partial charge in [-0.3, -0.25) is 4.79 Å². The average Bonchev–Trinajstić information content (AvgIpc) is 2.68. The highest BCUT2D eigenvalue weighted by Crippen LogP contribution is 2.34. The molecule has 5 heteroatoms. The van der Waals surface area contributed by atoms with Gasteiger partial charge in [0.2, 0.25) is 0 Å². The number of carbonyl (C=O) groups is 1. The molecule has 1 aromatic heterocycles. The molecule has 0 aliphatic heterocycles. The molecule has 0 unspecified atom stereocenters. The number of rotatable bonds is 6. The van der Waals surface area contributed by atoms with Crippen molar-refractivity contribution in [2.24, 2.45) is 0 Å². The monoisotopic (exact) mass is 374 g/mol. The third-order valence-electron chi connectivity index (χ3n) is 4.08. The minimum absolute atomic E-state index is 0.0205. The van der Waals surface area contributed by atoms with Gasteiger partial charge < -0.3 is 5.11 Å². The van der Waals surface area contributed by atoms with Gasteiger partial charge in [-0.05, 0) is 18.6 Å². The van der Waals surface area contributed by atoms with Crippen molar-refractivity contribution in [3.8, 4) is 28.5 Å². The number of nitrogens with zero attached hydrogens (tertiary/aromatic N) is 2. The quantitative estimate of drug-likeness (QED) is 0.603. The summed E-state index contributed by atoms with van der Waals surface area (Å²) in [6.07, 6.45) is 0.0205. The summed E-state index contributed by atoms with van der Waals surface area (Å²) in [4.78, 5) is 15.5. The van der Waals surface area contributed by atoms with Gasteiger partial charge in [0.05, 0.1) is 17.7 Å². The van der Waals surface area contributed by atoms with Crippen molar-refractivity contribution in [2.75, 3.05) is 5.75 Å². The number of carboxylic acid groups (broad SMARTS) is 1. The fourth-order valence-electron chi connectivity index (χ4n) is 2.69. The first kappa shape index (κ1) is 18.7. The zero-order chi connectivity index (χ0) is 19.2. The number of nitriles is 1. The van der Waals surface area contributed by atoms with Gasteiger partial charge in [0, 0.05) is 16.9 Å². The number of aliphatic carboxylic acids is 1. The number of hydrogen-bond acceptors (Lipinski definition) is 4. The van der Waals surface area contributed by atoms with E-state index in [0.717, 1.165) is 27.9 Å². The van der Waals surface area contributed by atoms with Crippen molar-refractivity contribution in [1.29, 1.82) is 5.26 Å². The van der Waals surface area contributed by atoms with Crippen LogP contribution in [0.4, 0.5) is 0 Å². The van der Waals surface area contributed by atoms with E-state index in [1.54, 1.807) is 0 Å². The van der Waals surface area contributed by atoms with Crippen LogP contribution in [-0.2, 0) is 4.79 Å². The van der Waals surface area contributed by atoms with Crippen LogP contribution >= 0.6 is 11.8 Å². The Kier molecular flexibility index (Phi) is 5.90. The van der Waals surface area contributed by atoms with E-state index in [4.69, 9.17) is 5.11 Å². The zero-order valence-electron chi connectivity index (χ0n) is 14.8. The molecule has 0 spiro atoms. The molecule has 0 radical (unpaired) electrons. The van der Waals surface area contributed by atoms with Crippen LogP contribution in [0.3, 0.4) is 0 Å². The predicted molar refractivity (Wildman–Crippen MR) is 108 cm³/mol. The zero-order valence-corrected chi connectivity index (χ0v) is 15.7. The van der Waals surface area contributed by atoms with E-state index in [2.05, 4.69) is 11.1 Å². The Bertz CT molecular complexity index is 993. The van der Waals surface area contributed by atoms with E-state index in [1.165, 1.54) is 11.8 Å². The van der Waals surface area contributed by atoms with Gasteiger partial charge in [-0.15, -0.1) is 11.8 Å². The summed E-state index contributed by atoms with van der Waals surface area (Å²) >= 11 is 1.31. The minimum atomic E-state index is -0.862. The van der Waals surface area contributed by atoms with Gasteiger partial charge in [-0.1, -0.05) is 60.2 Å². The first-order chi connectivity index (χ1) is 13.1. The molecule has 27 heavy (non-hydrogen) atoms. The van der Waals surface area contributed by atoms with Crippen molar-refractivity contribution in [2.45, 2.75) is 18.4 Å². The van der Waals surface area contributed by atoms with E-state index >= 15 is 0 Å². The Morgan fingerprint density at radius 2 is 1.81 bits per heavy atom. The molecule has 3 rings (SSSR count). The van der Waals surface area contributed by atoms with Gasteiger partial charge >= 0.3 is 5.97 Å². The number of thioether (sulfide) groups is 1. The van der Waals surface area contributed by atoms with Crippen LogP contribution in [0.25, 0.3) is 22.4 Å². The first-order valence-corrected chi connectivity index (χ1v) is 9.49. The van der Waals surface area contributed by atoms with Crippen LogP contribution in [0.5, 0.6) is 0 Å². The molecule has 0 fully saturated rings. The van der Waals surface area contributed by atoms with Crippen molar-refractivity contribution >= 4 is 17.7 Å². The second kappa shape index (κ2) is 8.52. The third-order valence-corrected chi connectivity index (χ3v) is 5.06. The Morgan fingerprint density at radius 3 is 2.44 bits per heavy atom. The molecule has 0 amide bonds. The van der Waals surface area contributed by atoms with Gasteiger partial charge in [0.15, 0.2) is 0 Å². The van der Waals surface area contributed by atoms with E-state index < -0.39 is 5.97 Å². The Hall–Kier alpha value is -3.10. The molecular weight excluding hydrogens is 356 g/mol. The SMILES string of the molecule is Cc1ccc(-c2cc(-c3ccccc3)nc(SCCC(=O)O)c2C#N)cc1. The van der Waals surface area contributed by atoms with Gasteiger partial charge in [0.25, 0.3) is 0 Å². The number of pyridine rings is 1. The molecule has 0 saturated carbocycles. The fraction of sp³-hybridized carbons (Fsp3) is 0.136. The van der Waals surface area contributed by atoms with Gasteiger partial charge in [-0.2, -0.15) is 5.26 Å². The van der Waals surface area contributed by atoms with Crippen LogP contribution in [0.1, 0.15) is 17.5 Å². The summed E-state index contributed by atoms with van der Waals surface area (Å²) < 4.78 is 0. The molecule has 0 aliphatic carbocycles. The van der Waals surface area contributed by atoms with E-state index in [1.807, 2.05) is 67.6 Å². The first-order valence-electron chi connectivity index (χ1n) is 8.50. The molecule has 134 valence electrons. The van der Waals surface area contributed by atoms with E-state index in [-0.39, 0.29) is 6.42 Å². The summed E-state index contributed by atoms with van der Waals surface area (Å²) in [7, 11) is 0. The summed E-state index contributed by atoms with van der Waals surface area (Å²) in [6.45, 7) is 2.02. The van der Waals surface area contributed by atoms with Crippen LogP contribution in [0.15, 0.2) is 65.7 Å². The van der Waals surface area contributed by atoms with Crippen molar-refractivity contribution in [1.82, 2.24) is 4.98 Å². The van der Waals surface area contributed by atoms with E-state index in [9.17, 15) is 10.1 Å². The largest absolute Gasteiger partial charge is 0.481 e. The smallest absolute Gasteiger partial charge is 0.304 e. The highest BCUT2D eigenvalue weighted by molar-refractivity contribution is 7.99. The highest BCUT2D eigenvalue weighted by Gasteiger charge is 2.16. The summed E-state index contributed by atoms with van der Waals surface area (Å²) in [6, 6.07) is 22.0. The summed E-state index contributed by atoms with van der Waals surface area (Å²) in [5.74, 6) is -0.498. The lowest BCUT2D eigenvalue weighted by Gasteiger charge is -2.12. The molecular formula is C22H18N2O2S. The van der Waals surface area contributed by atoms with Gasteiger partial charge in [-0.25, -0.2) is 4.98 Å². The molecule has 0 bridgehead atoms. The highest BCUT2D eigenvalue weighted by atomic mass is 32.2. The number of aromatic nitrogens is 1. The number of benzene rings is 2. The van der Waals surface area contributed by atoms with Crippen LogP contribution in [0.2, 0.25) is 0 Å². The molecule has 1 N–H and O–H groups in total. The summed E-state index contributed by atoms with van der Waals surface area (Å²) in [5.41, 5.74) is 5.10. The Morgan fingerprint density at radius 1 is 1.11 bits per heavy atom. The number of carboxylic acids is 1. The van der Waals surface area contributed by atoms with Crippen molar-refractivity contribution < 1.29 is 9.90 Å². The summed E-state index contributed by atoms with van der Waals surface area (Å²) in [5, 5.41) is 19.2. The van der Waals surface area contributed by atoms with Crippen molar-refractivity contribution in [3.05, 3.63) is 71.8 Å². The molecule has 0 saturated heterocycles. The lowest BCUT2D eigenvalue weighted by molar-refractivity contribution is -0.136. The van der Waals surface area contributed by atoms with E-state index in [0.29, 0.717) is 16.3 Å². The molecule has 2 aromatic carbocycles.